The number of nitrogens with one attached hydrogen (secondary N) is 1. The minimum atomic E-state index is -3.66. The zero-order chi connectivity index (χ0) is 21.1. The van der Waals surface area contributed by atoms with Crippen molar-refractivity contribution in [2.75, 3.05) is 18.4 Å². The van der Waals surface area contributed by atoms with Gasteiger partial charge in [-0.1, -0.05) is 36.2 Å². The maximum Gasteiger partial charge on any atom is 0.268 e. The van der Waals surface area contributed by atoms with E-state index in [1.165, 1.54) is 32.8 Å². The van der Waals surface area contributed by atoms with Crippen LogP contribution in [0.1, 0.15) is 44.9 Å². The van der Waals surface area contributed by atoms with Crippen molar-refractivity contribution in [3.63, 3.8) is 0 Å². The van der Waals surface area contributed by atoms with Crippen molar-refractivity contribution < 1.29 is 13.2 Å². The van der Waals surface area contributed by atoms with Crippen LogP contribution >= 0.6 is 22.7 Å². The molecule has 1 fully saturated rings. The van der Waals surface area contributed by atoms with Gasteiger partial charge in [0, 0.05) is 30.6 Å². The van der Waals surface area contributed by atoms with E-state index in [-0.39, 0.29) is 9.77 Å². The molecular formula is C21H23N3O3S3. The van der Waals surface area contributed by atoms with Crippen LogP contribution < -0.4 is 5.32 Å². The van der Waals surface area contributed by atoms with E-state index in [0.717, 1.165) is 41.9 Å². The second kappa shape index (κ2) is 8.97. The number of thiazole rings is 1. The zero-order valence-electron chi connectivity index (χ0n) is 16.6. The van der Waals surface area contributed by atoms with Crippen molar-refractivity contribution in [3.05, 3.63) is 62.8 Å². The standard InChI is InChI=1S/C21H23N3O3S3/c1-15-5-7-16(8-6-15)13-17-14-22-21(29-17)23-20(25)19-18(9-12-28-19)30(26,27)24-10-3-2-4-11-24/h5-9,12,14H,2-4,10-11,13H2,1H3,(H,22,23,25). The second-order valence-corrected chi connectivity index (χ2v) is 11.3. The molecule has 0 saturated carbocycles. The predicted octanol–water partition coefficient (Wildman–Crippen LogP) is 4.53. The van der Waals surface area contributed by atoms with E-state index < -0.39 is 15.9 Å². The van der Waals surface area contributed by atoms with E-state index in [1.54, 1.807) is 11.6 Å². The van der Waals surface area contributed by atoms with Crippen molar-refractivity contribution in [2.24, 2.45) is 0 Å². The molecule has 1 saturated heterocycles. The Hall–Kier alpha value is -2.07. The molecule has 0 spiro atoms. The van der Waals surface area contributed by atoms with Gasteiger partial charge in [-0.25, -0.2) is 13.4 Å². The molecular weight excluding hydrogens is 438 g/mol. The summed E-state index contributed by atoms with van der Waals surface area (Å²) in [6, 6.07) is 9.82. The van der Waals surface area contributed by atoms with Crippen molar-refractivity contribution in [3.8, 4) is 0 Å². The highest BCUT2D eigenvalue weighted by atomic mass is 32.2. The molecule has 1 N–H and O–H groups in total. The summed E-state index contributed by atoms with van der Waals surface area (Å²) in [4.78, 5) is 18.4. The SMILES string of the molecule is Cc1ccc(Cc2cnc(NC(=O)c3sccc3S(=O)(=O)N3CCCCC3)s2)cc1. The third kappa shape index (κ3) is 4.64. The summed E-state index contributed by atoms with van der Waals surface area (Å²) >= 11 is 2.54. The quantitative estimate of drug-likeness (QED) is 0.585. The normalized spacial score (nSPS) is 15.2. The summed E-state index contributed by atoms with van der Waals surface area (Å²) in [5.41, 5.74) is 2.39. The fourth-order valence-electron chi connectivity index (χ4n) is 3.42. The van der Waals surface area contributed by atoms with Crippen LogP contribution in [0, 0.1) is 6.92 Å². The van der Waals surface area contributed by atoms with Gasteiger partial charge in [0.25, 0.3) is 5.91 Å². The molecule has 2 aromatic heterocycles. The van der Waals surface area contributed by atoms with Gasteiger partial charge in [-0.2, -0.15) is 4.31 Å². The molecule has 9 heteroatoms. The summed E-state index contributed by atoms with van der Waals surface area (Å²) in [7, 11) is -3.66. The molecule has 4 rings (SSSR count). The van der Waals surface area contributed by atoms with Gasteiger partial charge in [-0.15, -0.1) is 22.7 Å². The van der Waals surface area contributed by atoms with Crippen molar-refractivity contribution in [1.29, 1.82) is 0 Å². The number of piperidine rings is 1. The Morgan fingerprint density at radius 2 is 1.87 bits per heavy atom. The van der Waals surface area contributed by atoms with Crippen molar-refractivity contribution >= 4 is 43.7 Å². The molecule has 0 radical (unpaired) electrons. The molecule has 158 valence electrons. The average Bonchev–Trinajstić information content (AvgIpc) is 3.40. The van der Waals surface area contributed by atoms with E-state index in [2.05, 4.69) is 41.5 Å². The number of sulfonamides is 1. The van der Waals surface area contributed by atoms with Crippen LogP contribution in [0.2, 0.25) is 0 Å². The molecule has 3 aromatic rings. The number of aromatic nitrogens is 1. The summed E-state index contributed by atoms with van der Waals surface area (Å²) < 4.78 is 27.5. The lowest BCUT2D eigenvalue weighted by atomic mass is 10.1. The molecule has 0 unspecified atom stereocenters. The Bertz CT molecular complexity index is 1130. The van der Waals surface area contributed by atoms with Gasteiger partial charge in [0.2, 0.25) is 10.0 Å². The fraction of sp³-hybridized carbons (Fsp3) is 0.333. The van der Waals surface area contributed by atoms with E-state index in [4.69, 9.17) is 0 Å². The number of carbonyl (C=O) groups is 1. The molecule has 1 amide bonds. The first kappa shape index (κ1) is 21.2. The number of thiophene rings is 1. The maximum atomic E-state index is 13.0. The summed E-state index contributed by atoms with van der Waals surface area (Å²) in [5, 5.41) is 4.89. The minimum absolute atomic E-state index is 0.0864. The average molecular weight is 462 g/mol. The first-order valence-corrected chi connectivity index (χ1v) is 13.0. The number of hydrogen-bond acceptors (Lipinski definition) is 6. The highest BCUT2D eigenvalue weighted by Gasteiger charge is 2.31. The number of anilines is 1. The van der Waals surface area contributed by atoms with E-state index in [1.807, 2.05) is 0 Å². The maximum absolute atomic E-state index is 13.0. The molecule has 0 atom stereocenters. The van der Waals surface area contributed by atoms with Gasteiger partial charge < -0.3 is 0 Å². The van der Waals surface area contributed by atoms with Gasteiger partial charge in [-0.3, -0.25) is 10.1 Å². The smallest absolute Gasteiger partial charge is 0.268 e. The number of carbonyl (C=O) groups excluding carboxylic acids is 1. The molecule has 3 heterocycles. The van der Waals surface area contributed by atoms with Crippen LogP contribution in [0.4, 0.5) is 5.13 Å². The second-order valence-electron chi connectivity index (χ2n) is 7.33. The lowest BCUT2D eigenvalue weighted by Gasteiger charge is -2.25. The van der Waals surface area contributed by atoms with Crippen molar-refractivity contribution in [2.45, 2.75) is 37.5 Å². The molecule has 6 nitrogen and oxygen atoms in total. The number of aryl methyl sites for hydroxylation is 1. The number of amides is 1. The van der Waals surface area contributed by atoms with Gasteiger partial charge in [0.05, 0.1) is 0 Å². The Balaban J connectivity index is 1.47. The summed E-state index contributed by atoms with van der Waals surface area (Å²) in [6.07, 6.45) is 5.24. The largest absolute Gasteiger partial charge is 0.297 e. The number of hydrogen-bond donors (Lipinski definition) is 1. The van der Waals surface area contributed by atoms with E-state index in [9.17, 15) is 13.2 Å². The monoisotopic (exact) mass is 461 g/mol. The van der Waals surface area contributed by atoms with Crippen LogP contribution in [0.15, 0.2) is 46.8 Å². The van der Waals surface area contributed by atoms with Crippen LogP contribution in [-0.2, 0) is 16.4 Å². The van der Waals surface area contributed by atoms with Gasteiger partial charge >= 0.3 is 0 Å². The first-order chi connectivity index (χ1) is 14.4. The van der Waals surface area contributed by atoms with Gasteiger partial charge in [-0.05, 0) is 36.8 Å². The Morgan fingerprint density at radius 3 is 2.60 bits per heavy atom. The molecule has 0 bridgehead atoms. The molecule has 30 heavy (non-hydrogen) atoms. The lowest BCUT2D eigenvalue weighted by molar-refractivity contribution is 0.102. The summed E-state index contributed by atoms with van der Waals surface area (Å²) in [5.74, 6) is -0.433. The topological polar surface area (TPSA) is 79.4 Å². The number of rotatable bonds is 6. The lowest BCUT2D eigenvalue weighted by Crippen LogP contribution is -2.36. The van der Waals surface area contributed by atoms with Crippen LogP contribution in [0.3, 0.4) is 0 Å². The Kier molecular flexibility index (Phi) is 6.33. The molecule has 1 aliphatic heterocycles. The summed E-state index contributed by atoms with van der Waals surface area (Å²) in [6.45, 7) is 3.07. The zero-order valence-corrected chi connectivity index (χ0v) is 19.1. The molecule has 0 aliphatic carbocycles. The predicted molar refractivity (Wildman–Crippen MR) is 121 cm³/mol. The first-order valence-electron chi connectivity index (χ1n) is 9.83. The van der Waals surface area contributed by atoms with Crippen LogP contribution in [-0.4, -0.2) is 36.7 Å². The van der Waals surface area contributed by atoms with E-state index >= 15 is 0 Å². The third-order valence-electron chi connectivity index (χ3n) is 5.04. The van der Waals surface area contributed by atoms with Crippen LogP contribution in [0.25, 0.3) is 0 Å². The highest BCUT2D eigenvalue weighted by Crippen LogP contribution is 2.29. The Labute approximate surface area is 184 Å². The molecule has 1 aromatic carbocycles. The number of nitrogens with zero attached hydrogens (tertiary/aromatic N) is 2. The Morgan fingerprint density at radius 1 is 1.13 bits per heavy atom. The van der Waals surface area contributed by atoms with E-state index in [0.29, 0.717) is 18.2 Å². The third-order valence-corrected chi connectivity index (χ3v) is 8.94. The number of benzene rings is 1. The van der Waals surface area contributed by atoms with Gasteiger partial charge in [0.15, 0.2) is 5.13 Å². The fourth-order valence-corrected chi connectivity index (χ4v) is 7.07. The minimum Gasteiger partial charge on any atom is -0.297 e. The van der Waals surface area contributed by atoms with Gasteiger partial charge in [0.1, 0.15) is 9.77 Å². The van der Waals surface area contributed by atoms with Crippen LogP contribution in [0.5, 0.6) is 0 Å². The molecule has 1 aliphatic rings. The van der Waals surface area contributed by atoms with Crippen molar-refractivity contribution in [1.82, 2.24) is 9.29 Å². The highest BCUT2D eigenvalue weighted by molar-refractivity contribution is 7.89.